The zero-order chi connectivity index (χ0) is 17.6. The van der Waals surface area contributed by atoms with Gasteiger partial charge in [0.05, 0.1) is 6.42 Å². The maximum atomic E-state index is 12.1. The molecular formula is C19H25N4O2. The standard InChI is InChI=1S/C19H25N4O2/c20-18(25)19-21-11-4-12-23(19)16-9-7-15(8-10-16)22-17(24)13-14-5-2-1-3-6-14/h1-3,5-6,13,15-16H,4,7-12H2,(H2,20,25)(H,22,24). The third-order valence-corrected chi connectivity index (χ3v) is 4.89. The summed E-state index contributed by atoms with van der Waals surface area (Å²) in [5.41, 5.74) is 6.36. The molecule has 1 fully saturated rings. The molecule has 0 saturated heterocycles. The zero-order valence-electron chi connectivity index (χ0n) is 14.4. The predicted octanol–water partition coefficient (Wildman–Crippen LogP) is 1.26. The van der Waals surface area contributed by atoms with Crippen molar-refractivity contribution >= 4 is 17.6 Å². The van der Waals surface area contributed by atoms with E-state index in [4.69, 9.17) is 5.73 Å². The molecule has 0 aromatic heterocycles. The van der Waals surface area contributed by atoms with Crippen LogP contribution >= 0.6 is 0 Å². The average Bonchev–Trinajstić information content (AvgIpc) is 2.63. The Morgan fingerprint density at radius 1 is 1.16 bits per heavy atom. The molecule has 2 aliphatic rings. The van der Waals surface area contributed by atoms with Crippen LogP contribution in [0.3, 0.4) is 0 Å². The van der Waals surface area contributed by atoms with E-state index in [9.17, 15) is 9.59 Å². The van der Waals surface area contributed by atoms with Crippen molar-refractivity contribution in [1.29, 1.82) is 0 Å². The van der Waals surface area contributed by atoms with E-state index in [1.807, 2.05) is 30.3 Å². The van der Waals surface area contributed by atoms with Gasteiger partial charge in [-0.25, -0.2) is 0 Å². The molecule has 1 heterocycles. The minimum Gasteiger partial charge on any atom is -0.363 e. The van der Waals surface area contributed by atoms with Gasteiger partial charge in [-0.1, -0.05) is 30.3 Å². The van der Waals surface area contributed by atoms with Gasteiger partial charge >= 0.3 is 0 Å². The molecule has 1 saturated carbocycles. The van der Waals surface area contributed by atoms with Crippen molar-refractivity contribution in [1.82, 2.24) is 10.2 Å². The van der Waals surface area contributed by atoms with Crippen LogP contribution in [-0.2, 0) is 9.59 Å². The number of rotatable bonds is 5. The Morgan fingerprint density at radius 3 is 2.56 bits per heavy atom. The number of aliphatic imine (C=N–C) groups is 1. The fourth-order valence-electron chi connectivity index (χ4n) is 3.67. The Labute approximate surface area is 148 Å². The van der Waals surface area contributed by atoms with Crippen molar-refractivity contribution in [2.45, 2.75) is 44.2 Å². The lowest BCUT2D eigenvalue weighted by atomic mass is 9.89. The molecule has 25 heavy (non-hydrogen) atoms. The maximum absolute atomic E-state index is 12.1. The molecule has 0 bridgehead atoms. The zero-order valence-corrected chi connectivity index (χ0v) is 14.4. The summed E-state index contributed by atoms with van der Waals surface area (Å²) in [6, 6.07) is 10.1. The molecular weight excluding hydrogens is 316 g/mol. The van der Waals surface area contributed by atoms with Crippen LogP contribution < -0.4 is 11.1 Å². The number of nitrogens with zero attached hydrogens (tertiary/aromatic N) is 2. The van der Waals surface area contributed by atoms with Crippen LogP contribution in [0.1, 0.15) is 37.7 Å². The maximum Gasteiger partial charge on any atom is 0.283 e. The second-order valence-corrected chi connectivity index (χ2v) is 6.69. The molecule has 1 aromatic carbocycles. The monoisotopic (exact) mass is 341 g/mol. The molecule has 6 nitrogen and oxygen atoms in total. The highest BCUT2D eigenvalue weighted by Crippen LogP contribution is 2.25. The van der Waals surface area contributed by atoms with Gasteiger partial charge in [-0.05, 0) is 37.7 Å². The number of amidine groups is 1. The van der Waals surface area contributed by atoms with Gasteiger partial charge in [0.1, 0.15) is 0 Å². The summed E-state index contributed by atoms with van der Waals surface area (Å²) in [5.74, 6) is -0.0595. The van der Waals surface area contributed by atoms with E-state index in [2.05, 4.69) is 15.2 Å². The van der Waals surface area contributed by atoms with E-state index in [0.29, 0.717) is 12.4 Å². The lowest BCUT2D eigenvalue weighted by molar-refractivity contribution is -0.118. The molecule has 1 aliphatic carbocycles. The smallest absolute Gasteiger partial charge is 0.283 e. The van der Waals surface area contributed by atoms with Crippen LogP contribution in [0.15, 0.2) is 35.3 Å². The first-order valence-corrected chi connectivity index (χ1v) is 8.94. The molecule has 1 aromatic rings. The molecule has 3 rings (SSSR count). The Morgan fingerprint density at radius 2 is 1.88 bits per heavy atom. The van der Waals surface area contributed by atoms with E-state index in [0.717, 1.165) is 44.2 Å². The highest BCUT2D eigenvalue weighted by atomic mass is 16.2. The minimum absolute atomic E-state index is 0.0491. The molecule has 0 unspecified atom stereocenters. The third-order valence-electron chi connectivity index (χ3n) is 4.89. The first-order valence-electron chi connectivity index (χ1n) is 8.94. The number of carbonyl (C=O) groups excluding carboxylic acids is 2. The number of benzene rings is 1. The lowest BCUT2D eigenvalue weighted by Gasteiger charge is -2.39. The van der Waals surface area contributed by atoms with Crippen molar-refractivity contribution in [3.63, 3.8) is 0 Å². The lowest BCUT2D eigenvalue weighted by Crippen LogP contribution is -2.51. The highest BCUT2D eigenvalue weighted by Gasteiger charge is 2.31. The van der Waals surface area contributed by atoms with E-state index < -0.39 is 5.91 Å². The van der Waals surface area contributed by atoms with E-state index in [1.165, 1.54) is 0 Å². The topological polar surface area (TPSA) is 87.8 Å². The van der Waals surface area contributed by atoms with Gasteiger partial charge in [0.2, 0.25) is 5.91 Å². The van der Waals surface area contributed by atoms with Gasteiger partial charge in [-0.2, -0.15) is 0 Å². The summed E-state index contributed by atoms with van der Waals surface area (Å²) < 4.78 is 0. The molecule has 133 valence electrons. The largest absolute Gasteiger partial charge is 0.363 e. The predicted molar refractivity (Wildman–Crippen MR) is 96.9 cm³/mol. The molecule has 3 N–H and O–H groups in total. The number of carbonyl (C=O) groups is 2. The van der Waals surface area contributed by atoms with Gasteiger partial charge in [0, 0.05) is 25.2 Å². The summed E-state index contributed by atoms with van der Waals surface area (Å²) >= 11 is 0. The minimum atomic E-state index is -0.437. The van der Waals surface area contributed by atoms with Crippen molar-refractivity contribution in [2.75, 3.05) is 13.1 Å². The molecule has 1 aliphatic heterocycles. The van der Waals surface area contributed by atoms with E-state index >= 15 is 0 Å². The number of nitrogens with two attached hydrogens (primary N) is 1. The van der Waals surface area contributed by atoms with Crippen molar-refractivity contribution < 1.29 is 9.59 Å². The highest BCUT2D eigenvalue weighted by molar-refractivity contribution is 6.37. The normalized spacial score (nSPS) is 23.7. The number of primary amides is 1. The number of hydrogen-bond donors (Lipinski definition) is 2. The van der Waals surface area contributed by atoms with Crippen molar-refractivity contribution in [3.8, 4) is 0 Å². The van der Waals surface area contributed by atoms with Gasteiger partial charge in [0.15, 0.2) is 5.84 Å². The fraction of sp³-hybridized carbons (Fsp3) is 0.474. The van der Waals surface area contributed by atoms with Crippen LogP contribution in [0.2, 0.25) is 0 Å². The summed E-state index contributed by atoms with van der Waals surface area (Å²) in [6.07, 6.45) is 6.27. The Balaban J connectivity index is 1.48. The fourth-order valence-corrected chi connectivity index (χ4v) is 3.67. The summed E-state index contributed by atoms with van der Waals surface area (Å²) in [7, 11) is 0. The van der Waals surface area contributed by atoms with Crippen LogP contribution in [0, 0.1) is 6.42 Å². The number of nitrogens with one attached hydrogen (secondary N) is 1. The summed E-state index contributed by atoms with van der Waals surface area (Å²) in [4.78, 5) is 30.1. The Hall–Kier alpha value is -2.37. The number of amides is 2. The summed E-state index contributed by atoms with van der Waals surface area (Å²) in [5, 5.41) is 3.09. The third kappa shape index (κ3) is 4.59. The Bertz CT molecular complexity index is 636. The van der Waals surface area contributed by atoms with Gasteiger partial charge < -0.3 is 16.0 Å². The first-order chi connectivity index (χ1) is 12.1. The molecule has 0 atom stereocenters. The van der Waals surface area contributed by atoms with Crippen molar-refractivity contribution in [2.24, 2.45) is 10.7 Å². The molecule has 1 radical (unpaired) electrons. The number of hydrogen-bond acceptors (Lipinski definition) is 4. The SMILES string of the molecule is NC(=O)C1=NCCCN1C1CCC(NC(=O)[CH]c2ccccc2)CC1. The average molecular weight is 341 g/mol. The second kappa shape index (κ2) is 8.14. The molecule has 2 amide bonds. The van der Waals surface area contributed by atoms with Crippen LogP contribution in [0.5, 0.6) is 0 Å². The van der Waals surface area contributed by atoms with Crippen LogP contribution in [0.25, 0.3) is 0 Å². The molecule has 0 spiro atoms. The summed E-state index contributed by atoms with van der Waals surface area (Å²) in [6.45, 7) is 1.51. The van der Waals surface area contributed by atoms with Gasteiger partial charge in [-0.15, -0.1) is 0 Å². The van der Waals surface area contributed by atoms with Gasteiger partial charge in [0.25, 0.3) is 5.91 Å². The first kappa shape index (κ1) is 17.5. The quantitative estimate of drug-likeness (QED) is 0.845. The van der Waals surface area contributed by atoms with E-state index in [1.54, 1.807) is 6.42 Å². The second-order valence-electron chi connectivity index (χ2n) is 6.69. The molecule has 6 heteroatoms. The van der Waals surface area contributed by atoms with E-state index in [-0.39, 0.29) is 18.0 Å². The van der Waals surface area contributed by atoms with Crippen LogP contribution in [-0.4, -0.2) is 47.7 Å². The van der Waals surface area contributed by atoms with Crippen molar-refractivity contribution in [3.05, 3.63) is 42.3 Å². The van der Waals surface area contributed by atoms with Crippen LogP contribution in [0.4, 0.5) is 0 Å². The van der Waals surface area contributed by atoms with Gasteiger partial charge in [-0.3, -0.25) is 14.6 Å². The Kier molecular flexibility index (Phi) is 5.68.